The highest BCUT2D eigenvalue weighted by molar-refractivity contribution is 6.32. The summed E-state index contributed by atoms with van der Waals surface area (Å²) in [6.07, 6.45) is 0.258. The van der Waals surface area contributed by atoms with Crippen LogP contribution in [0, 0.1) is 5.82 Å². The molecule has 2 aromatic rings. The second-order valence-corrected chi connectivity index (χ2v) is 7.80. The third-order valence-corrected chi connectivity index (χ3v) is 5.65. The van der Waals surface area contributed by atoms with E-state index in [1.54, 1.807) is 19.2 Å². The molecule has 0 bridgehead atoms. The molecule has 1 saturated heterocycles. The SMILES string of the molecule is COc1ccc(F)cc1CN1CCN(C(=O)Cc2cc(Cl)c3c(c2)OCCO3)CC1. The van der Waals surface area contributed by atoms with Gasteiger partial charge in [0.2, 0.25) is 5.91 Å². The Bertz CT molecular complexity index is 932. The molecule has 2 aromatic carbocycles. The fraction of sp³-hybridized carbons (Fsp3) is 0.409. The van der Waals surface area contributed by atoms with E-state index in [1.807, 2.05) is 11.0 Å². The minimum Gasteiger partial charge on any atom is -0.496 e. The molecule has 160 valence electrons. The molecule has 2 heterocycles. The van der Waals surface area contributed by atoms with Crippen molar-refractivity contribution in [2.45, 2.75) is 13.0 Å². The first-order valence-electron chi connectivity index (χ1n) is 9.94. The van der Waals surface area contributed by atoms with Gasteiger partial charge in [0.05, 0.1) is 18.6 Å². The minimum absolute atomic E-state index is 0.0470. The van der Waals surface area contributed by atoms with Crippen molar-refractivity contribution < 1.29 is 23.4 Å². The Kier molecular flexibility index (Phi) is 6.29. The summed E-state index contributed by atoms with van der Waals surface area (Å²) in [7, 11) is 1.58. The monoisotopic (exact) mass is 434 g/mol. The first kappa shape index (κ1) is 20.8. The van der Waals surface area contributed by atoms with Gasteiger partial charge in [-0.2, -0.15) is 0 Å². The zero-order valence-electron chi connectivity index (χ0n) is 16.8. The van der Waals surface area contributed by atoms with Crippen molar-refractivity contribution in [3.63, 3.8) is 0 Å². The molecule has 0 unspecified atom stereocenters. The van der Waals surface area contributed by atoms with Crippen LogP contribution in [0.15, 0.2) is 30.3 Å². The Morgan fingerprint density at radius 2 is 1.90 bits per heavy atom. The summed E-state index contributed by atoms with van der Waals surface area (Å²) in [5.74, 6) is 1.57. The zero-order chi connectivity index (χ0) is 21.1. The molecule has 0 spiro atoms. The topological polar surface area (TPSA) is 51.2 Å². The predicted octanol–water partition coefficient (Wildman–Crippen LogP) is 3.15. The van der Waals surface area contributed by atoms with Crippen molar-refractivity contribution in [1.82, 2.24) is 9.80 Å². The molecule has 1 fully saturated rings. The second kappa shape index (κ2) is 9.10. The lowest BCUT2D eigenvalue weighted by Crippen LogP contribution is -2.48. The molecule has 2 aliphatic rings. The average molecular weight is 435 g/mol. The largest absolute Gasteiger partial charge is 0.496 e. The Morgan fingerprint density at radius 3 is 2.67 bits per heavy atom. The number of methoxy groups -OCH3 is 1. The summed E-state index contributed by atoms with van der Waals surface area (Å²) < 4.78 is 30.0. The smallest absolute Gasteiger partial charge is 0.227 e. The van der Waals surface area contributed by atoms with E-state index in [4.69, 9.17) is 25.8 Å². The first-order valence-corrected chi connectivity index (χ1v) is 10.3. The molecule has 30 heavy (non-hydrogen) atoms. The van der Waals surface area contributed by atoms with Gasteiger partial charge in [-0.05, 0) is 35.9 Å². The number of carbonyl (C=O) groups is 1. The maximum atomic E-state index is 13.6. The van der Waals surface area contributed by atoms with Crippen LogP contribution in [0.4, 0.5) is 4.39 Å². The molecule has 0 saturated carbocycles. The summed E-state index contributed by atoms with van der Waals surface area (Å²) in [6.45, 7) is 4.19. The summed E-state index contributed by atoms with van der Waals surface area (Å²) in [4.78, 5) is 16.8. The second-order valence-electron chi connectivity index (χ2n) is 7.39. The molecule has 0 radical (unpaired) electrons. The molecule has 8 heteroatoms. The summed E-state index contributed by atoms with van der Waals surface area (Å²) in [5, 5.41) is 0.462. The number of fused-ring (bicyclic) bond motifs is 1. The highest BCUT2D eigenvalue weighted by Crippen LogP contribution is 2.38. The van der Waals surface area contributed by atoms with Crippen LogP contribution in [-0.2, 0) is 17.8 Å². The molecule has 4 rings (SSSR count). The number of rotatable bonds is 5. The molecule has 6 nitrogen and oxygen atoms in total. The highest BCUT2D eigenvalue weighted by atomic mass is 35.5. The maximum Gasteiger partial charge on any atom is 0.227 e. The molecule has 0 aliphatic carbocycles. The van der Waals surface area contributed by atoms with Crippen LogP contribution in [0.3, 0.4) is 0 Å². The molecule has 0 atom stereocenters. The van der Waals surface area contributed by atoms with Gasteiger partial charge in [-0.15, -0.1) is 0 Å². The highest BCUT2D eigenvalue weighted by Gasteiger charge is 2.23. The standard InChI is InChI=1S/C22H24ClFN2O4/c1-28-19-3-2-17(24)13-16(19)14-25-4-6-26(7-5-25)21(27)12-15-10-18(23)22-20(11-15)29-8-9-30-22/h2-3,10-11,13H,4-9,12,14H2,1H3. The Hall–Kier alpha value is -2.51. The van der Waals surface area contributed by atoms with Gasteiger partial charge >= 0.3 is 0 Å². The lowest BCUT2D eigenvalue weighted by molar-refractivity contribution is -0.132. The molecule has 0 aromatic heterocycles. The number of halogens is 2. The predicted molar refractivity (Wildman–Crippen MR) is 111 cm³/mol. The average Bonchev–Trinajstić information content (AvgIpc) is 2.74. The minimum atomic E-state index is -0.280. The Morgan fingerprint density at radius 1 is 1.13 bits per heavy atom. The number of piperazine rings is 1. The van der Waals surface area contributed by atoms with Gasteiger partial charge < -0.3 is 19.1 Å². The van der Waals surface area contributed by atoms with Crippen molar-refractivity contribution in [2.24, 2.45) is 0 Å². The quantitative estimate of drug-likeness (QED) is 0.723. The van der Waals surface area contributed by atoms with Gasteiger partial charge in [0, 0.05) is 38.3 Å². The number of hydrogen-bond acceptors (Lipinski definition) is 5. The number of amides is 1. The van der Waals surface area contributed by atoms with E-state index in [0.717, 1.165) is 11.1 Å². The van der Waals surface area contributed by atoms with Crippen LogP contribution >= 0.6 is 11.6 Å². The van der Waals surface area contributed by atoms with Crippen molar-refractivity contribution >= 4 is 17.5 Å². The summed E-state index contributed by atoms with van der Waals surface area (Å²) in [6, 6.07) is 8.12. The van der Waals surface area contributed by atoms with Crippen molar-refractivity contribution in [3.05, 3.63) is 52.3 Å². The number of ether oxygens (including phenoxy) is 3. The third kappa shape index (κ3) is 4.63. The summed E-state index contributed by atoms with van der Waals surface area (Å²) >= 11 is 6.28. The Labute approximate surface area is 180 Å². The Balaban J connectivity index is 1.34. The normalized spacial score (nSPS) is 16.4. The van der Waals surface area contributed by atoms with Crippen LogP contribution in [0.25, 0.3) is 0 Å². The van der Waals surface area contributed by atoms with E-state index < -0.39 is 0 Å². The number of hydrogen-bond donors (Lipinski definition) is 0. The van der Waals surface area contributed by atoms with Crippen molar-refractivity contribution in [1.29, 1.82) is 0 Å². The van der Waals surface area contributed by atoms with Gasteiger partial charge in [-0.25, -0.2) is 4.39 Å². The van der Waals surface area contributed by atoms with E-state index in [0.29, 0.717) is 68.2 Å². The molecule has 1 amide bonds. The van der Waals surface area contributed by atoms with Crippen molar-refractivity contribution in [3.8, 4) is 17.2 Å². The summed E-state index contributed by atoms with van der Waals surface area (Å²) in [5.41, 5.74) is 1.62. The van der Waals surface area contributed by atoms with E-state index in [-0.39, 0.29) is 18.1 Å². The number of carbonyl (C=O) groups excluding carboxylic acids is 1. The third-order valence-electron chi connectivity index (χ3n) is 5.37. The fourth-order valence-corrected chi connectivity index (χ4v) is 4.11. The van der Waals surface area contributed by atoms with Gasteiger partial charge in [-0.3, -0.25) is 9.69 Å². The molecule has 0 N–H and O–H groups in total. The maximum absolute atomic E-state index is 13.6. The van der Waals surface area contributed by atoms with Crippen LogP contribution in [0.5, 0.6) is 17.2 Å². The molecule has 2 aliphatic heterocycles. The van der Waals surface area contributed by atoms with E-state index in [2.05, 4.69) is 4.90 Å². The number of nitrogens with zero attached hydrogens (tertiary/aromatic N) is 2. The van der Waals surface area contributed by atoms with Gasteiger partial charge in [0.1, 0.15) is 24.8 Å². The van der Waals surface area contributed by atoms with E-state index in [9.17, 15) is 9.18 Å². The van der Waals surface area contributed by atoms with Gasteiger partial charge in [-0.1, -0.05) is 11.6 Å². The van der Waals surface area contributed by atoms with E-state index >= 15 is 0 Å². The van der Waals surface area contributed by atoms with Gasteiger partial charge in [0.25, 0.3) is 0 Å². The van der Waals surface area contributed by atoms with Crippen LogP contribution < -0.4 is 14.2 Å². The van der Waals surface area contributed by atoms with Gasteiger partial charge in [0.15, 0.2) is 11.5 Å². The lowest BCUT2D eigenvalue weighted by atomic mass is 10.1. The van der Waals surface area contributed by atoms with Crippen LogP contribution in [0.2, 0.25) is 5.02 Å². The number of benzene rings is 2. The van der Waals surface area contributed by atoms with Crippen molar-refractivity contribution in [2.75, 3.05) is 46.5 Å². The fourth-order valence-electron chi connectivity index (χ4n) is 3.82. The zero-order valence-corrected chi connectivity index (χ0v) is 17.6. The lowest BCUT2D eigenvalue weighted by Gasteiger charge is -2.35. The van der Waals surface area contributed by atoms with Crippen LogP contribution in [-0.4, -0.2) is 62.2 Å². The molecular weight excluding hydrogens is 411 g/mol. The van der Waals surface area contributed by atoms with E-state index in [1.165, 1.54) is 12.1 Å². The first-order chi connectivity index (χ1) is 14.5. The molecular formula is C22H24ClFN2O4. The van der Waals surface area contributed by atoms with Crippen LogP contribution in [0.1, 0.15) is 11.1 Å².